The lowest BCUT2D eigenvalue weighted by molar-refractivity contribution is -0.139. The molecule has 4 heterocycles. The van der Waals surface area contributed by atoms with E-state index in [0.717, 1.165) is 31.0 Å². The quantitative estimate of drug-likeness (QED) is 0.345. The number of ether oxygens (including phenoxy) is 1. The maximum atomic E-state index is 14.5. The van der Waals surface area contributed by atoms with E-state index in [1.54, 1.807) is 4.90 Å². The largest absolute Gasteiger partial charge is 0.462 e. The summed E-state index contributed by atoms with van der Waals surface area (Å²) in [6, 6.07) is 5.46. The number of rotatable bonds is 7. The third-order valence-corrected chi connectivity index (χ3v) is 8.50. The molecule has 0 radical (unpaired) electrons. The lowest BCUT2D eigenvalue weighted by Crippen LogP contribution is -2.55. The standard InChI is InChI=1S/C30H35F4N7O2/c1-3-26(42)41-16-15-40(17-20(41)11-12-35)28-22-8-6-14-39(25-10-4-9-23(31)27(25)30(32,33)34)18-24(22)36-29(37-28)43-19-21-7-5-13-38(21)2/h3-4,9-10,20-21H,1,5-8,11,13-19H2,2H3/t20-,21?/m0/s1. The van der Waals surface area contributed by atoms with Gasteiger partial charge in [-0.3, -0.25) is 4.79 Å². The van der Waals surface area contributed by atoms with E-state index in [4.69, 9.17) is 14.7 Å². The number of likely N-dealkylation sites (N-methyl/N-ethyl adjacent to an activating group) is 1. The molecular weight excluding hydrogens is 566 g/mol. The highest BCUT2D eigenvalue weighted by atomic mass is 19.4. The first kappa shape index (κ1) is 30.5. The van der Waals surface area contributed by atoms with Crippen LogP contribution in [0.5, 0.6) is 6.01 Å². The fourth-order valence-electron chi connectivity index (χ4n) is 6.27. The summed E-state index contributed by atoms with van der Waals surface area (Å²) in [4.78, 5) is 29.3. The second-order valence-corrected chi connectivity index (χ2v) is 11.2. The maximum absolute atomic E-state index is 14.5. The highest BCUT2D eigenvalue weighted by Gasteiger charge is 2.39. The van der Waals surface area contributed by atoms with Crippen molar-refractivity contribution in [1.29, 1.82) is 5.26 Å². The van der Waals surface area contributed by atoms with Crippen LogP contribution in [-0.2, 0) is 23.9 Å². The summed E-state index contributed by atoms with van der Waals surface area (Å²) >= 11 is 0. The smallest absolute Gasteiger partial charge is 0.421 e. The number of aromatic nitrogens is 2. The Balaban J connectivity index is 1.52. The number of benzene rings is 1. The van der Waals surface area contributed by atoms with Crippen LogP contribution in [0.25, 0.3) is 0 Å². The van der Waals surface area contributed by atoms with Crippen molar-refractivity contribution in [3.05, 3.63) is 53.5 Å². The van der Waals surface area contributed by atoms with Crippen LogP contribution in [0.3, 0.4) is 0 Å². The normalized spacial score (nSPS) is 21.3. The lowest BCUT2D eigenvalue weighted by atomic mass is 10.1. The number of carbonyl (C=O) groups excluding carboxylic acids is 1. The molecule has 13 heteroatoms. The van der Waals surface area contributed by atoms with Gasteiger partial charge in [0.05, 0.1) is 36.5 Å². The maximum Gasteiger partial charge on any atom is 0.421 e. The zero-order chi connectivity index (χ0) is 30.7. The monoisotopic (exact) mass is 601 g/mol. The van der Waals surface area contributed by atoms with Crippen LogP contribution in [0.4, 0.5) is 29.1 Å². The van der Waals surface area contributed by atoms with Crippen molar-refractivity contribution in [2.45, 2.75) is 56.9 Å². The number of halogens is 4. The number of hydrogen-bond acceptors (Lipinski definition) is 8. The Labute approximate surface area is 248 Å². The van der Waals surface area contributed by atoms with Crippen LogP contribution in [0.2, 0.25) is 0 Å². The number of amides is 1. The van der Waals surface area contributed by atoms with Crippen molar-refractivity contribution in [1.82, 2.24) is 19.8 Å². The first-order valence-corrected chi connectivity index (χ1v) is 14.5. The molecule has 0 N–H and O–H groups in total. The minimum Gasteiger partial charge on any atom is -0.462 e. The highest BCUT2D eigenvalue weighted by Crippen LogP contribution is 2.40. The van der Waals surface area contributed by atoms with Crippen molar-refractivity contribution in [3.63, 3.8) is 0 Å². The average Bonchev–Trinajstić information content (AvgIpc) is 3.26. The van der Waals surface area contributed by atoms with E-state index in [1.165, 1.54) is 23.1 Å². The molecule has 2 aromatic rings. The third kappa shape index (κ3) is 6.54. The van der Waals surface area contributed by atoms with E-state index >= 15 is 0 Å². The molecule has 0 bridgehead atoms. The predicted molar refractivity (Wildman–Crippen MR) is 152 cm³/mol. The molecule has 5 rings (SSSR count). The number of nitriles is 1. The van der Waals surface area contributed by atoms with E-state index in [9.17, 15) is 27.6 Å². The zero-order valence-electron chi connectivity index (χ0n) is 24.1. The van der Waals surface area contributed by atoms with Gasteiger partial charge >= 0.3 is 12.2 Å². The van der Waals surface area contributed by atoms with E-state index in [0.29, 0.717) is 50.6 Å². The number of fused-ring (bicyclic) bond motifs is 1. The minimum absolute atomic E-state index is 0.00756. The van der Waals surface area contributed by atoms with Crippen molar-refractivity contribution in [2.24, 2.45) is 0 Å². The molecule has 1 aromatic heterocycles. The Morgan fingerprint density at radius 1 is 1.16 bits per heavy atom. The molecule has 2 atom stereocenters. The number of alkyl halides is 3. The van der Waals surface area contributed by atoms with Crippen molar-refractivity contribution < 1.29 is 27.1 Å². The van der Waals surface area contributed by atoms with Gasteiger partial charge in [-0.1, -0.05) is 12.6 Å². The van der Waals surface area contributed by atoms with Crippen LogP contribution in [0.15, 0.2) is 30.9 Å². The van der Waals surface area contributed by atoms with Gasteiger partial charge in [-0.05, 0) is 57.5 Å². The fraction of sp³-hybridized carbons (Fsp3) is 0.533. The minimum atomic E-state index is -4.87. The number of hydrogen-bond donors (Lipinski definition) is 0. The summed E-state index contributed by atoms with van der Waals surface area (Å²) in [5.74, 6) is -0.985. The molecule has 0 aliphatic carbocycles. The summed E-state index contributed by atoms with van der Waals surface area (Å²) in [5, 5.41) is 9.46. The number of carbonyl (C=O) groups is 1. The third-order valence-electron chi connectivity index (χ3n) is 8.50. The first-order chi connectivity index (χ1) is 20.6. The summed E-state index contributed by atoms with van der Waals surface area (Å²) in [6.07, 6.45) is -0.519. The van der Waals surface area contributed by atoms with Gasteiger partial charge in [0.1, 0.15) is 23.8 Å². The van der Waals surface area contributed by atoms with Crippen LogP contribution >= 0.6 is 0 Å². The van der Waals surface area contributed by atoms with Gasteiger partial charge in [-0.2, -0.15) is 28.4 Å². The van der Waals surface area contributed by atoms with E-state index in [2.05, 4.69) is 17.5 Å². The fourth-order valence-corrected chi connectivity index (χ4v) is 6.27. The second kappa shape index (κ2) is 12.8. The summed E-state index contributed by atoms with van der Waals surface area (Å²) in [7, 11) is 2.03. The van der Waals surface area contributed by atoms with Crippen LogP contribution < -0.4 is 14.5 Å². The molecule has 9 nitrogen and oxygen atoms in total. The molecule has 2 fully saturated rings. The Bertz CT molecular complexity index is 1400. The summed E-state index contributed by atoms with van der Waals surface area (Å²) < 4.78 is 62.5. The number of likely N-dealkylation sites (tertiary alicyclic amines) is 1. The molecular formula is C30H35F4N7O2. The van der Waals surface area contributed by atoms with Gasteiger partial charge in [-0.15, -0.1) is 0 Å². The van der Waals surface area contributed by atoms with Gasteiger partial charge in [0, 0.05) is 37.8 Å². The van der Waals surface area contributed by atoms with Gasteiger partial charge in [0.25, 0.3) is 0 Å². The number of piperazine rings is 1. The molecule has 3 aliphatic heterocycles. The second-order valence-electron chi connectivity index (χ2n) is 11.2. The predicted octanol–water partition coefficient (Wildman–Crippen LogP) is 4.18. The lowest BCUT2D eigenvalue weighted by Gasteiger charge is -2.41. The Morgan fingerprint density at radius 2 is 1.98 bits per heavy atom. The molecule has 2 saturated heterocycles. The molecule has 230 valence electrons. The molecule has 43 heavy (non-hydrogen) atoms. The van der Waals surface area contributed by atoms with Gasteiger partial charge < -0.3 is 24.3 Å². The summed E-state index contributed by atoms with van der Waals surface area (Å²) in [6.45, 7) is 6.28. The van der Waals surface area contributed by atoms with Gasteiger partial charge in [0.2, 0.25) is 5.91 Å². The van der Waals surface area contributed by atoms with Gasteiger partial charge in [0.15, 0.2) is 0 Å². The van der Waals surface area contributed by atoms with Crippen LogP contribution in [0, 0.1) is 17.1 Å². The Morgan fingerprint density at radius 3 is 2.67 bits per heavy atom. The summed E-state index contributed by atoms with van der Waals surface area (Å²) in [5.41, 5.74) is -0.245. The SMILES string of the molecule is C=CC(=O)N1CCN(c2nc(OCC3CCCN3C)nc3c2CCCN(c2cccc(F)c2C(F)(F)F)C3)C[C@@H]1CC#N. The van der Waals surface area contributed by atoms with E-state index in [1.807, 2.05) is 11.9 Å². The number of nitrogens with zero attached hydrogens (tertiary/aromatic N) is 7. The molecule has 0 saturated carbocycles. The highest BCUT2D eigenvalue weighted by molar-refractivity contribution is 5.87. The van der Waals surface area contributed by atoms with Crippen molar-refractivity contribution in [2.75, 3.05) is 56.2 Å². The zero-order valence-corrected chi connectivity index (χ0v) is 24.1. The first-order valence-electron chi connectivity index (χ1n) is 14.5. The van der Waals surface area contributed by atoms with Crippen LogP contribution in [0.1, 0.15) is 42.5 Å². The number of anilines is 2. The average molecular weight is 602 g/mol. The van der Waals surface area contributed by atoms with Crippen molar-refractivity contribution in [3.8, 4) is 12.1 Å². The van der Waals surface area contributed by atoms with E-state index in [-0.39, 0.29) is 43.2 Å². The molecule has 0 spiro atoms. The molecule has 1 unspecified atom stereocenters. The van der Waals surface area contributed by atoms with E-state index < -0.39 is 23.6 Å². The van der Waals surface area contributed by atoms with Crippen molar-refractivity contribution >= 4 is 17.4 Å². The van der Waals surface area contributed by atoms with Gasteiger partial charge in [-0.25, -0.2) is 4.39 Å². The van der Waals surface area contributed by atoms with Crippen LogP contribution in [-0.4, -0.2) is 84.1 Å². The molecule has 1 aromatic carbocycles. The molecule has 3 aliphatic rings. The Hall–Kier alpha value is -3.92. The Kier molecular flexibility index (Phi) is 9.05. The molecule has 1 amide bonds. The topological polar surface area (TPSA) is 88.8 Å².